The van der Waals surface area contributed by atoms with Gasteiger partial charge in [-0.3, -0.25) is 9.59 Å². The maximum absolute atomic E-state index is 13.3. The predicted molar refractivity (Wildman–Crippen MR) is 173 cm³/mol. The Morgan fingerprint density at radius 2 is 1.85 bits per heavy atom. The van der Waals surface area contributed by atoms with Gasteiger partial charge in [0.1, 0.15) is 5.78 Å². The molecule has 46 heavy (non-hydrogen) atoms. The van der Waals surface area contributed by atoms with Crippen LogP contribution in [0.15, 0.2) is 42.0 Å². The molecule has 0 spiro atoms. The summed E-state index contributed by atoms with van der Waals surface area (Å²) in [6, 6.07) is 10.5. The molecular weight excluding hydrogens is 580 g/mol. The summed E-state index contributed by atoms with van der Waals surface area (Å²) in [6.45, 7) is 8.86. The molecular formula is C39H54O7. The Balaban J connectivity index is 1.17. The van der Waals surface area contributed by atoms with E-state index in [1.54, 1.807) is 0 Å². The van der Waals surface area contributed by atoms with E-state index in [9.17, 15) is 24.9 Å². The summed E-state index contributed by atoms with van der Waals surface area (Å²) in [4.78, 5) is 26.4. The Morgan fingerprint density at radius 3 is 2.54 bits per heavy atom. The summed E-state index contributed by atoms with van der Waals surface area (Å²) in [5.74, 6) is -0.468. The Hall–Kier alpha value is -2.06. The molecule has 5 aliphatic carbocycles. The number of allylic oxidation sites excluding steroid dienone is 1. The van der Waals surface area contributed by atoms with E-state index >= 15 is 0 Å². The summed E-state index contributed by atoms with van der Waals surface area (Å²) in [7, 11) is 1.39. The highest BCUT2D eigenvalue weighted by atomic mass is 16.5. The van der Waals surface area contributed by atoms with Gasteiger partial charge in [0.25, 0.3) is 0 Å². The van der Waals surface area contributed by atoms with Crippen molar-refractivity contribution in [3.05, 3.63) is 47.5 Å². The summed E-state index contributed by atoms with van der Waals surface area (Å²) in [6.07, 6.45) is 9.48. The molecule has 0 bridgehead atoms. The molecule has 7 heteroatoms. The zero-order valence-corrected chi connectivity index (χ0v) is 28.4. The molecule has 1 heterocycles. The van der Waals surface area contributed by atoms with E-state index in [-0.39, 0.29) is 63.7 Å². The van der Waals surface area contributed by atoms with E-state index < -0.39 is 24.2 Å². The molecule has 0 amide bonds. The molecule has 1 aromatic rings. The van der Waals surface area contributed by atoms with Crippen LogP contribution >= 0.6 is 0 Å². The summed E-state index contributed by atoms with van der Waals surface area (Å²) < 4.78 is 11.9. The first-order valence-electron chi connectivity index (χ1n) is 17.7. The number of ketones is 1. The number of esters is 1. The molecule has 7 rings (SSSR count). The van der Waals surface area contributed by atoms with Crippen LogP contribution in [0.4, 0.5) is 0 Å². The van der Waals surface area contributed by atoms with Crippen LogP contribution in [0.1, 0.15) is 104 Å². The monoisotopic (exact) mass is 634 g/mol. The predicted octanol–water partition coefficient (Wildman–Crippen LogP) is 5.96. The fraction of sp³-hybridized carbons (Fsp3) is 0.744. The number of carbonyl (C=O) groups is 2. The Labute approximate surface area is 274 Å². The van der Waals surface area contributed by atoms with Gasteiger partial charge in [0.2, 0.25) is 0 Å². The number of Topliss-reactive ketones (excluding diaryl/α,β-unsaturated/α-hetero) is 1. The Bertz CT molecular complexity index is 1420. The van der Waals surface area contributed by atoms with Gasteiger partial charge in [0.15, 0.2) is 0 Å². The standard InChI is InChI=1S/C39H54O7/c1-34(44,22-40)20-26(41)18-27(33(43)45-5)28-12-16-39-21-38(28,39)15-13-30-35(2)14-11-25-17-29(24-9-7-6-8-10-24)46-23-36(25,3)31(35)19-32(42)37(30,39)4/h6-11,27-32,40,42,44H,12-23H2,1-5H3. The number of methoxy groups -OCH3 is 1. The van der Waals surface area contributed by atoms with E-state index in [1.165, 1.54) is 25.2 Å². The van der Waals surface area contributed by atoms with Crippen molar-refractivity contribution < 1.29 is 34.4 Å². The highest BCUT2D eigenvalue weighted by Gasteiger charge is 2.85. The van der Waals surface area contributed by atoms with Gasteiger partial charge in [-0.25, -0.2) is 0 Å². The van der Waals surface area contributed by atoms with Gasteiger partial charge in [-0.1, -0.05) is 62.8 Å². The van der Waals surface area contributed by atoms with Crippen LogP contribution in [0.2, 0.25) is 0 Å². The summed E-state index contributed by atoms with van der Waals surface area (Å²) in [5.41, 5.74) is 0.720. The van der Waals surface area contributed by atoms with Crippen LogP contribution in [0, 0.1) is 50.7 Å². The molecule has 6 aliphatic rings. The van der Waals surface area contributed by atoms with Crippen molar-refractivity contribution in [3.63, 3.8) is 0 Å². The average molecular weight is 635 g/mol. The topological polar surface area (TPSA) is 113 Å². The molecule has 1 aliphatic heterocycles. The van der Waals surface area contributed by atoms with E-state index in [0.717, 1.165) is 51.4 Å². The number of fused-ring (bicyclic) bond motifs is 5. The third kappa shape index (κ3) is 4.29. The van der Waals surface area contributed by atoms with Crippen LogP contribution in [0.25, 0.3) is 0 Å². The van der Waals surface area contributed by atoms with Crippen molar-refractivity contribution >= 4 is 11.8 Å². The highest BCUT2D eigenvalue weighted by Crippen LogP contribution is 2.90. The molecule has 1 saturated heterocycles. The van der Waals surface area contributed by atoms with Crippen molar-refractivity contribution in [1.29, 1.82) is 0 Å². The Morgan fingerprint density at radius 1 is 1.11 bits per heavy atom. The first kappa shape index (κ1) is 32.5. The number of aliphatic hydroxyl groups excluding tert-OH is 2. The zero-order valence-electron chi connectivity index (χ0n) is 28.4. The second-order valence-corrected chi connectivity index (χ2v) is 17.2. The SMILES string of the molecule is COC(=O)C(CC(=O)CC(C)(O)CO)C1CCC23CC12CCC1C2(C)CC=C4CC(c5ccccc5)OCC4(C)C2CC(O)C13C. The van der Waals surface area contributed by atoms with E-state index in [1.807, 2.05) is 6.07 Å². The number of benzene rings is 1. The first-order chi connectivity index (χ1) is 21.7. The molecule has 0 radical (unpaired) electrons. The molecule has 5 fully saturated rings. The maximum Gasteiger partial charge on any atom is 0.309 e. The van der Waals surface area contributed by atoms with Crippen LogP contribution < -0.4 is 0 Å². The second kappa shape index (κ2) is 10.7. The van der Waals surface area contributed by atoms with E-state index in [4.69, 9.17) is 9.47 Å². The normalized spacial score (nSPS) is 45.8. The zero-order chi connectivity index (χ0) is 32.9. The van der Waals surface area contributed by atoms with Crippen LogP contribution in [0.3, 0.4) is 0 Å². The largest absolute Gasteiger partial charge is 0.469 e. The van der Waals surface area contributed by atoms with Gasteiger partial charge >= 0.3 is 5.97 Å². The lowest BCUT2D eigenvalue weighted by Crippen LogP contribution is -2.65. The van der Waals surface area contributed by atoms with Gasteiger partial charge in [0.05, 0.1) is 44.1 Å². The number of hydrogen-bond acceptors (Lipinski definition) is 7. The van der Waals surface area contributed by atoms with Gasteiger partial charge in [0, 0.05) is 23.7 Å². The summed E-state index contributed by atoms with van der Waals surface area (Å²) >= 11 is 0. The molecule has 12 unspecified atom stereocenters. The van der Waals surface area contributed by atoms with Crippen LogP contribution in [-0.4, -0.2) is 59.1 Å². The molecule has 4 saturated carbocycles. The first-order valence-corrected chi connectivity index (χ1v) is 17.7. The van der Waals surface area contributed by atoms with Gasteiger partial charge < -0.3 is 24.8 Å². The number of hydrogen-bond donors (Lipinski definition) is 3. The average Bonchev–Trinajstić information content (AvgIpc) is 3.61. The fourth-order valence-electron chi connectivity index (χ4n) is 13.0. The quantitative estimate of drug-likeness (QED) is 0.239. The van der Waals surface area contributed by atoms with Crippen LogP contribution in [-0.2, 0) is 19.1 Å². The fourth-order valence-corrected chi connectivity index (χ4v) is 13.0. The van der Waals surface area contributed by atoms with Crippen molar-refractivity contribution in [2.24, 2.45) is 50.7 Å². The molecule has 1 aromatic carbocycles. The molecule has 7 nitrogen and oxygen atoms in total. The third-order valence-corrected chi connectivity index (χ3v) is 15.2. The molecule has 0 aromatic heterocycles. The van der Waals surface area contributed by atoms with E-state index in [0.29, 0.717) is 18.4 Å². The van der Waals surface area contributed by atoms with Crippen molar-refractivity contribution in [3.8, 4) is 0 Å². The lowest BCUT2D eigenvalue weighted by atomic mass is 9.37. The van der Waals surface area contributed by atoms with Crippen LogP contribution in [0.5, 0.6) is 0 Å². The maximum atomic E-state index is 13.3. The minimum Gasteiger partial charge on any atom is -0.469 e. The molecule has 252 valence electrons. The highest BCUT2D eigenvalue weighted by molar-refractivity contribution is 5.85. The minimum absolute atomic E-state index is 0.00974. The summed E-state index contributed by atoms with van der Waals surface area (Å²) in [5, 5.41) is 32.3. The smallest absolute Gasteiger partial charge is 0.309 e. The Kier molecular flexibility index (Phi) is 7.57. The molecule has 3 N–H and O–H groups in total. The lowest BCUT2D eigenvalue weighted by Gasteiger charge is -2.68. The lowest BCUT2D eigenvalue weighted by molar-refractivity contribution is -0.225. The number of rotatable bonds is 8. The van der Waals surface area contributed by atoms with E-state index in [2.05, 4.69) is 51.1 Å². The molecule has 12 atom stereocenters. The van der Waals surface area contributed by atoms with Gasteiger partial charge in [-0.15, -0.1) is 0 Å². The van der Waals surface area contributed by atoms with Crippen molar-refractivity contribution in [1.82, 2.24) is 0 Å². The third-order valence-electron chi connectivity index (χ3n) is 15.2. The number of aliphatic hydroxyl groups is 3. The van der Waals surface area contributed by atoms with Gasteiger partial charge in [-0.2, -0.15) is 0 Å². The van der Waals surface area contributed by atoms with Crippen molar-refractivity contribution in [2.45, 2.75) is 110 Å². The number of carbonyl (C=O) groups excluding carboxylic acids is 2. The van der Waals surface area contributed by atoms with Crippen molar-refractivity contribution in [2.75, 3.05) is 20.3 Å². The number of ether oxygens (including phenoxy) is 2. The van der Waals surface area contributed by atoms with Gasteiger partial charge in [-0.05, 0) is 97.9 Å². The second-order valence-electron chi connectivity index (χ2n) is 17.2. The minimum atomic E-state index is -1.50.